The van der Waals surface area contributed by atoms with Crippen LogP contribution >= 0.6 is 24.0 Å². The predicted molar refractivity (Wildman–Crippen MR) is 123 cm³/mol. The zero-order chi connectivity index (χ0) is 18.2. The van der Waals surface area contributed by atoms with Crippen LogP contribution in [0.3, 0.4) is 0 Å². The molecule has 27 heavy (non-hydrogen) atoms. The van der Waals surface area contributed by atoms with E-state index in [1.807, 2.05) is 11.8 Å². The van der Waals surface area contributed by atoms with Gasteiger partial charge in [0.15, 0.2) is 5.96 Å². The summed E-state index contributed by atoms with van der Waals surface area (Å²) >= 11 is 0. The average Bonchev–Trinajstić information content (AvgIpc) is 3.20. The number of likely N-dealkylation sites (tertiary alicyclic amines) is 1. The molecule has 0 radical (unpaired) electrons. The van der Waals surface area contributed by atoms with Crippen molar-refractivity contribution in [1.29, 1.82) is 0 Å². The molecule has 1 fully saturated rings. The van der Waals surface area contributed by atoms with Gasteiger partial charge in [-0.25, -0.2) is 4.99 Å². The fraction of sp³-hybridized carbons (Fsp3) is 0.429. The molecule has 1 aliphatic heterocycles. The van der Waals surface area contributed by atoms with E-state index < -0.39 is 0 Å². The van der Waals surface area contributed by atoms with Gasteiger partial charge in [-0.15, -0.1) is 24.0 Å². The molecular weight excluding hydrogens is 451 g/mol. The van der Waals surface area contributed by atoms with Crippen LogP contribution in [0.5, 0.6) is 0 Å². The highest BCUT2D eigenvalue weighted by atomic mass is 127. The lowest BCUT2D eigenvalue weighted by atomic mass is 10.1. The van der Waals surface area contributed by atoms with Gasteiger partial charge in [-0.05, 0) is 42.5 Å². The molecule has 1 aliphatic rings. The van der Waals surface area contributed by atoms with E-state index in [-0.39, 0.29) is 36.4 Å². The summed E-state index contributed by atoms with van der Waals surface area (Å²) in [6.45, 7) is 5.55. The van der Waals surface area contributed by atoms with E-state index in [1.165, 1.54) is 16.3 Å². The summed E-state index contributed by atoms with van der Waals surface area (Å²) in [5, 5.41) is 9.07. The van der Waals surface area contributed by atoms with Gasteiger partial charge < -0.3 is 15.5 Å². The molecule has 1 amide bonds. The number of rotatable bonds is 6. The predicted octanol–water partition coefficient (Wildman–Crippen LogP) is 3.18. The van der Waals surface area contributed by atoms with Gasteiger partial charge in [0.05, 0.1) is 0 Å². The van der Waals surface area contributed by atoms with Crippen molar-refractivity contribution >= 4 is 46.6 Å². The number of benzene rings is 2. The van der Waals surface area contributed by atoms with Gasteiger partial charge in [0.1, 0.15) is 6.54 Å². The van der Waals surface area contributed by atoms with Crippen molar-refractivity contribution in [2.45, 2.75) is 26.2 Å². The molecule has 2 aromatic carbocycles. The first kappa shape index (κ1) is 21.5. The number of halogens is 1. The Hall–Kier alpha value is -1.83. The average molecular weight is 480 g/mol. The van der Waals surface area contributed by atoms with Gasteiger partial charge in [-0.1, -0.05) is 42.5 Å². The molecule has 6 heteroatoms. The standard InChI is InChI=1S/C21H28N4O.HI/c1-2-22-21(24-16-20(26)25-13-5-6-14-25)23-12-11-17-9-10-18-7-3-4-8-19(18)15-17;/h3-4,7-10,15H,2,5-6,11-14,16H2,1H3,(H2,22,23,24);1H. The Balaban J connectivity index is 0.00000261. The molecule has 146 valence electrons. The van der Waals surface area contributed by atoms with Gasteiger partial charge >= 0.3 is 0 Å². The molecule has 0 spiro atoms. The smallest absolute Gasteiger partial charge is 0.244 e. The molecule has 1 saturated heterocycles. The molecular formula is C21H29IN4O. The van der Waals surface area contributed by atoms with Gasteiger partial charge in [0.25, 0.3) is 0 Å². The van der Waals surface area contributed by atoms with E-state index in [4.69, 9.17) is 0 Å². The molecule has 0 atom stereocenters. The Labute approximate surface area is 178 Å². The summed E-state index contributed by atoms with van der Waals surface area (Å²) in [6, 6.07) is 15.0. The van der Waals surface area contributed by atoms with Crippen molar-refractivity contribution in [3.63, 3.8) is 0 Å². The number of nitrogens with zero attached hydrogens (tertiary/aromatic N) is 2. The largest absolute Gasteiger partial charge is 0.357 e. The Morgan fingerprint density at radius 3 is 2.56 bits per heavy atom. The Morgan fingerprint density at radius 1 is 1.07 bits per heavy atom. The van der Waals surface area contributed by atoms with Crippen LogP contribution in [0.4, 0.5) is 0 Å². The monoisotopic (exact) mass is 480 g/mol. The fourth-order valence-electron chi connectivity index (χ4n) is 3.27. The number of carbonyl (C=O) groups excluding carboxylic acids is 1. The van der Waals surface area contributed by atoms with Crippen LogP contribution in [-0.2, 0) is 11.2 Å². The number of hydrogen-bond donors (Lipinski definition) is 2. The van der Waals surface area contributed by atoms with Gasteiger partial charge in [0.2, 0.25) is 5.91 Å². The number of aliphatic imine (C=N–C) groups is 1. The molecule has 0 saturated carbocycles. The SMILES string of the molecule is CCNC(=NCC(=O)N1CCCC1)NCCc1ccc2ccccc2c1.I. The molecule has 2 aromatic rings. The second-order valence-electron chi connectivity index (χ2n) is 6.64. The molecule has 3 rings (SSSR count). The first-order valence-corrected chi connectivity index (χ1v) is 9.54. The van der Waals surface area contributed by atoms with Crippen LogP contribution in [0, 0.1) is 0 Å². The minimum absolute atomic E-state index is 0. The first-order chi connectivity index (χ1) is 12.8. The molecule has 2 N–H and O–H groups in total. The van der Waals surface area contributed by atoms with Gasteiger partial charge in [0, 0.05) is 26.2 Å². The highest BCUT2D eigenvalue weighted by Gasteiger charge is 2.17. The third kappa shape index (κ3) is 6.37. The van der Waals surface area contributed by atoms with E-state index in [0.717, 1.165) is 45.4 Å². The summed E-state index contributed by atoms with van der Waals surface area (Å²) in [5.41, 5.74) is 1.29. The van der Waals surface area contributed by atoms with Crippen LogP contribution in [0.2, 0.25) is 0 Å². The van der Waals surface area contributed by atoms with Crippen LogP contribution in [0.25, 0.3) is 10.8 Å². The van der Waals surface area contributed by atoms with E-state index in [0.29, 0.717) is 5.96 Å². The normalized spacial score (nSPS) is 14.1. The quantitative estimate of drug-likeness (QED) is 0.380. The summed E-state index contributed by atoms with van der Waals surface area (Å²) in [7, 11) is 0. The van der Waals surface area contributed by atoms with Crippen molar-refractivity contribution in [1.82, 2.24) is 15.5 Å². The van der Waals surface area contributed by atoms with E-state index in [1.54, 1.807) is 0 Å². The number of nitrogens with one attached hydrogen (secondary N) is 2. The summed E-state index contributed by atoms with van der Waals surface area (Å²) in [4.78, 5) is 18.5. The molecule has 1 heterocycles. The topological polar surface area (TPSA) is 56.7 Å². The lowest BCUT2D eigenvalue weighted by molar-refractivity contribution is -0.128. The van der Waals surface area contributed by atoms with Crippen molar-refractivity contribution < 1.29 is 4.79 Å². The Morgan fingerprint density at radius 2 is 1.81 bits per heavy atom. The minimum Gasteiger partial charge on any atom is -0.357 e. The second kappa shape index (κ2) is 11.1. The van der Waals surface area contributed by atoms with Crippen molar-refractivity contribution in [3.8, 4) is 0 Å². The Bertz CT molecular complexity index is 772. The zero-order valence-corrected chi connectivity index (χ0v) is 18.2. The lowest BCUT2D eigenvalue weighted by Gasteiger charge is -2.15. The van der Waals surface area contributed by atoms with Crippen LogP contribution in [0.15, 0.2) is 47.5 Å². The molecule has 5 nitrogen and oxygen atoms in total. The highest BCUT2D eigenvalue weighted by molar-refractivity contribution is 14.0. The maximum Gasteiger partial charge on any atom is 0.244 e. The zero-order valence-electron chi connectivity index (χ0n) is 15.9. The van der Waals surface area contributed by atoms with E-state index in [9.17, 15) is 4.79 Å². The van der Waals surface area contributed by atoms with Crippen molar-refractivity contribution in [3.05, 3.63) is 48.0 Å². The number of carbonyl (C=O) groups is 1. The number of amides is 1. The summed E-state index contributed by atoms with van der Waals surface area (Å²) in [5.74, 6) is 0.829. The van der Waals surface area contributed by atoms with E-state index in [2.05, 4.69) is 58.1 Å². The molecule has 0 aromatic heterocycles. The van der Waals surface area contributed by atoms with Crippen LogP contribution < -0.4 is 10.6 Å². The van der Waals surface area contributed by atoms with Crippen LogP contribution in [-0.4, -0.2) is 49.5 Å². The number of hydrogen-bond acceptors (Lipinski definition) is 2. The van der Waals surface area contributed by atoms with Gasteiger partial charge in [-0.2, -0.15) is 0 Å². The molecule has 0 bridgehead atoms. The third-order valence-corrected chi connectivity index (χ3v) is 4.70. The van der Waals surface area contributed by atoms with Crippen LogP contribution in [0.1, 0.15) is 25.3 Å². The maximum absolute atomic E-state index is 12.1. The third-order valence-electron chi connectivity index (χ3n) is 4.70. The summed E-state index contributed by atoms with van der Waals surface area (Å²) in [6.07, 6.45) is 3.13. The first-order valence-electron chi connectivity index (χ1n) is 9.54. The molecule has 0 aliphatic carbocycles. The number of fused-ring (bicyclic) bond motifs is 1. The number of guanidine groups is 1. The second-order valence-corrected chi connectivity index (χ2v) is 6.64. The van der Waals surface area contributed by atoms with Gasteiger partial charge in [-0.3, -0.25) is 4.79 Å². The maximum atomic E-state index is 12.1. The van der Waals surface area contributed by atoms with Crippen molar-refractivity contribution in [2.24, 2.45) is 4.99 Å². The fourth-order valence-corrected chi connectivity index (χ4v) is 3.27. The minimum atomic E-state index is 0. The van der Waals surface area contributed by atoms with Crippen molar-refractivity contribution in [2.75, 3.05) is 32.7 Å². The van der Waals surface area contributed by atoms with E-state index >= 15 is 0 Å². The lowest BCUT2D eigenvalue weighted by Crippen LogP contribution is -2.39. The molecule has 0 unspecified atom stereocenters. The Kier molecular flexibility index (Phi) is 8.84. The summed E-state index contributed by atoms with van der Waals surface area (Å²) < 4.78 is 0. The highest BCUT2D eigenvalue weighted by Crippen LogP contribution is 2.15.